The molecule has 0 amide bonds. The fraction of sp³-hybridized carbons (Fsp3) is 0.308. The lowest BCUT2D eigenvalue weighted by Crippen LogP contribution is -2.17. The predicted octanol–water partition coefficient (Wildman–Crippen LogP) is 1.94. The van der Waals surface area contributed by atoms with Crippen LogP contribution in [0.4, 0.5) is 5.69 Å². The standard InChI is InChI=1S/C13H17ClN4O2S/c1-17(2)8-10-6-4-5-7-11(10)16-21(19,20)13-12(14)18(3)9-15-13/h4-7,9,16H,8H2,1-3H3. The summed E-state index contributed by atoms with van der Waals surface area (Å²) in [7, 11) is 1.65. The third-order valence-corrected chi connectivity index (χ3v) is 4.69. The average molecular weight is 329 g/mol. The van der Waals surface area contributed by atoms with E-state index < -0.39 is 10.0 Å². The molecule has 0 saturated heterocycles. The van der Waals surface area contributed by atoms with E-state index in [9.17, 15) is 8.42 Å². The van der Waals surface area contributed by atoms with Crippen molar-refractivity contribution in [1.82, 2.24) is 14.5 Å². The van der Waals surface area contributed by atoms with E-state index >= 15 is 0 Å². The van der Waals surface area contributed by atoms with Crippen molar-refractivity contribution in [1.29, 1.82) is 0 Å². The summed E-state index contributed by atoms with van der Waals surface area (Å²) in [4.78, 5) is 5.80. The molecule has 0 radical (unpaired) electrons. The number of halogens is 1. The number of hydrogen-bond donors (Lipinski definition) is 1. The second-order valence-corrected chi connectivity index (χ2v) is 6.91. The molecule has 0 spiro atoms. The summed E-state index contributed by atoms with van der Waals surface area (Å²) in [5.41, 5.74) is 1.39. The molecule has 1 aromatic carbocycles. The van der Waals surface area contributed by atoms with Gasteiger partial charge in [-0.25, -0.2) is 4.98 Å². The average Bonchev–Trinajstić information content (AvgIpc) is 2.72. The molecule has 0 atom stereocenters. The van der Waals surface area contributed by atoms with Crippen molar-refractivity contribution in [2.24, 2.45) is 7.05 Å². The van der Waals surface area contributed by atoms with Crippen molar-refractivity contribution >= 4 is 27.3 Å². The Labute approximate surface area is 129 Å². The maximum absolute atomic E-state index is 12.4. The molecule has 0 saturated carbocycles. The van der Waals surface area contributed by atoms with E-state index in [1.165, 1.54) is 10.9 Å². The normalized spacial score (nSPS) is 11.9. The molecule has 0 unspecified atom stereocenters. The zero-order valence-electron chi connectivity index (χ0n) is 12.0. The first-order chi connectivity index (χ1) is 9.81. The summed E-state index contributed by atoms with van der Waals surface area (Å²) in [5.74, 6) is 0. The van der Waals surface area contributed by atoms with Gasteiger partial charge in [-0.3, -0.25) is 4.72 Å². The van der Waals surface area contributed by atoms with Gasteiger partial charge in [0.1, 0.15) is 5.15 Å². The van der Waals surface area contributed by atoms with Crippen LogP contribution in [-0.4, -0.2) is 37.0 Å². The number of imidazole rings is 1. The molecule has 0 aliphatic carbocycles. The van der Waals surface area contributed by atoms with Crippen LogP contribution in [0.5, 0.6) is 0 Å². The summed E-state index contributed by atoms with van der Waals surface area (Å²) in [6.45, 7) is 0.620. The molecular formula is C13H17ClN4O2S. The number of hydrogen-bond acceptors (Lipinski definition) is 4. The Bertz CT molecular complexity index is 740. The zero-order valence-corrected chi connectivity index (χ0v) is 13.6. The number of benzene rings is 1. The van der Waals surface area contributed by atoms with E-state index in [2.05, 4.69) is 9.71 Å². The number of aryl methyl sites for hydroxylation is 1. The van der Waals surface area contributed by atoms with Gasteiger partial charge in [-0.05, 0) is 25.7 Å². The zero-order chi connectivity index (χ0) is 15.6. The molecule has 0 aliphatic rings. The summed E-state index contributed by atoms with van der Waals surface area (Å²) in [6, 6.07) is 7.23. The summed E-state index contributed by atoms with van der Waals surface area (Å²) < 4.78 is 28.8. The topological polar surface area (TPSA) is 67.2 Å². The van der Waals surface area contributed by atoms with Gasteiger partial charge in [-0.1, -0.05) is 29.8 Å². The highest BCUT2D eigenvalue weighted by Crippen LogP contribution is 2.24. The molecule has 8 heteroatoms. The fourth-order valence-electron chi connectivity index (χ4n) is 1.87. The highest BCUT2D eigenvalue weighted by molar-refractivity contribution is 7.92. The third-order valence-electron chi connectivity index (χ3n) is 2.84. The van der Waals surface area contributed by atoms with Gasteiger partial charge in [0.25, 0.3) is 10.0 Å². The van der Waals surface area contributed by atoms with Crippen molar-refractivity contribution in [3.63, 3.8) is 0 Å². The minimum Gasteiger partial charge on any atom is -0.324 e. The first kappa shape index (κ1) is 15.8. The van der Waals surface area contributed by atoms with E-state index in [0.717, 1.165) is 5.56 Å². The largest absolute Gasteiger partial charge is 0.324 e. The van der Waals surface area contributed by atoms with Gasteiger partial charge in [-0.2, -0.15) is 8.42 Å². The Morgan fingerprint density at radius 1 is 1.33 bits per heavy atom. The van der Waals surface area contributed by atoms with Crippen molar-refractivity contribution < 1.29 is 8.42 Å². The first-order valence-electron chi connectivity index (χ1n) is 6.23. The van der Waals surface area contributed by atoms with Crippen LogP contribution in [0.15, 0.2) is 35.6 Å². The minimum atomic E-state index is -3.81. The number of aromatic nitrogens is 2. The number of sulfonamides is 1. The molecule has 6 nitrogen and oxygen atoms in total. The molecule has 0 fully saturated rings. The van der Waals surface area contributed by atoms with Gasteiger partial charge < -0.3 is 9.47 Å². The number of anilines is 1. The number of rotatable bonds is 5. The molecule has 114 valence electrons. The highest BCUT2D eigenvalue weighted by Gasteiger charge is 2.23. The lowest BCUT2D eigenvalue weighted by Gasteiger charge is -2.15. The van der Waals surface area contributed by atoms with Gasteiger partial charge in [0.15, 0.2) is 0 Å². The Morgan fingerprint density at radius 2 is 2.00 bits per heavy atom. The molecule has 1 N–H and O–H groups in total. The summed E-state index contributed by atoms with van der Waals surface area (Å²) in [6.07, 6.45) is 1.36. The van der Waals surface area contributed by atoms with Gasteiger partial charge >= 0.3 is 0 Å². The predicted molar refractivity (Wildman–Crippen MR) is 82.9 cm³/mol. The van der Waals surface area contributed by atoms with Crippen molar-refractivity contribution in [2.75, 3.05) is 18.8 Å². The van der Waals surface area contributed by atoms with Crippen molar-refractivity contribution in [2.45, 2.75) is 11.6 Å². The molecule has 2 rings (SSSR count). The van der Waals surface area contributed by atoms with Gasteiger partial charge in [0.2, 0.25) is 5.03 Å². The van der Waals surface area contributed by atoms with Crippen LogP contribution >= 0.6 is 11.6 Å². The van der Waals surface area contributed by atoms with Crippen LogP contribution in [-0.2, 0) is 23.6 Å². The number of nitrogens with one attached hydrogen (secondary N) is 1. The van der Waals surface area contributed by atoms with E-state index in [4.69, 9.17) is 11.6 Å². The second kappa shape index (κ2) is 6.05. The lowest BCUT2D eigenvalue weighted by atomic mass is 10.2. The molecule has 0 aliphatic heterocycles. The second-order valence-electron chi connectivity index (χ2n) is 4.95. The summed E-state index contributed by atoms with van der Waals surface area (Å²) >= 11 is 5.96. The Hall–Kier alpha value is -1.57. The third kappa shape index (κ3) is 3.55. The molecule has 0 bridgehead atoms. The quantitative estimate of drug-likeness (QED) is 0.910. The Balaban J connectivity index is 2.35. The van der Waals surface area contributed by atoms with Crippen molar-refractivity contribution in [3.8, 4) is 0 Å². The molecule has 21 heavy (non-hydrogen) atoms. The maximum atomic E-state index is 12.4. The van der Waals surface area contributed by atoms with Crippen LogP contribution < -0.4 is 4.72 Å². The summed E-state index contributed by atoms with van der Waals surface area (Å²) in [5, 5.41) is -0.0982. The van der Waals surface area contributed by atoms with Crippen LogP contribution in [0, 0.1) is 0 Å². The molecule has 1 aromatic heterocycles. The minimum absolute atomic E-state index is 0.0765. The van der Waals surface area contributed by atoms with Crippen molar-refractivity contribution in [3.05, 3.63) is 41.3 Å². The lowest BCUT2D eigenvalue weighted by molar-refractivity contribution is 0.403. The van der Waals surface area contributed by atoms with Gasteiger partial charge in [0.05, 0.1) is 12.0 Å². The van der Waals surface area contributed by atoms with Gasteiger partial charge in [-0.15, -0.1) is 0 Å². The SMILES string of the molecule is CN(C)Cc1ccccc1NS(=O)(=O)c1ncn(C)c1Cl. The number of nitrogens with zero attached hydrogens (tertiary/aromatic N) is 3. The van der Waals surface area contributed by atoms with Crippen LogP contribution in [0.1, 0.15) is 5.56 Å². The van der Waals surface area contributed by atoms with Crippen LogP contribution in [0.2, 0.25) is 5.15 Å². The Morgan fingerprint density at radius 3 is 2.57 bits per heavy atom. The molecule has 1 heterocycles. The van der Waals surface area contributed by atoms with E-state index in [1.807, 2.05) is 31.1 Å². The smallest absolute Gasteiger partial charge is 0.282 e. The van der Waals surface area contributed by atoms with Gasteiger partial charge in [0, 0.05) is 13.6 Å². The molecular weight excluding hydrogens is 312 g/mol. The fourth-order valence-corrected chi connectivity index (χ4v) is 3.40. The van der Waals surface area contributed by atoms with E-state index in [0.29, 0.717) is 12.2 Å². The highest BCUT2D eigenvalue weighted by atomic mass is 35.5. The Kier molecular flexibility index (Phi) is 4.55. The van der Waals surface area contributed by atoms with E-state index in [1.54, 1.807) is 19.2 Å². The monoisotopic (exact) mass is 328 g/mol. The van der Waals surface area contributed by atoms with Crippen LogP contribution in [0.3, 0.4) is 0 Å². The molecule has 2 aromatic rings. The number of para-hydroxylation sites is 1. The van der Waals surface area contributed by atoms with Crippen LogP contribution in [0.25, 0.3) is 0 Å². The maximum Gasteiger partial charge on any atom is 0.282 e. The first-order valence-corrected chi connectivity index (χ1v) is 8.09. The van der Waals surface area contributed by atoms with E-state index in [-0.39, 0.29) is 10.2 Å².